The number of para-hydroxylation sites is 1. The molecule has 2 aromatic carbocycles. The van der Waals surface area contributed by atoms with Gasteiger partial charge < -0.3 is 30.3 Å². The van der Waals surface area contributed by atoms with Crippen LogP contribution in [-0.4, -0.2) is 70.3 Å². The Morgan fingerprint density at radius 3 is 2.57 bits per heavy atom. The molecule has 3 aromatic rings. The molecule has 0 unspecified atom stereocenters. The topological polar surface area (TPSA) is 116 Å². The molecular weight excluding hydrogens is 532 g/mol. The van der Waals surface area contributed by atoms with Gasteiger partial charge in [0.2, 0.25) is 11.8 Å². The van der Waals surface area contributed by atoms with Crippen molar-refractivity contribution in [1.29, 1.82) is 0 Å². The van der Waals surface area contributed by atoms with Gasteiger partial charge in [-0.1, -0.05) is 68.5 Å². The second kappa shape index (κ2) is 14.0. The van der Waals surface area contributed by atoms with Gasteiger partial charge in [0, 0.05) is 50.2 Å². The standard InChI is InChI=1S/C32H40N6O4/c1-5-14-33-17-29(40)38-21-30(41)37(20-28(38)35-32(42)34-16-23-10-7-6-8-11-23)18-24-12-9-13-25-26(19-36(4)31(24)25)27(39)15-22(2)3/h5-13,19,22,28,33H,1,14-18,20-21H2,2-4H3,(H2,34,35,42)/t28-/m1/s1. The average molecular weight is 573 g/mol. The Morgan fingerprint density at radius 2 is 1.86 bits per heavy atom. The van der Waals surface area contributed by atoms with Crippen molar-refractivity contribution >= 4 is 34.5 Å². The highest BCUT2D eigenvalue weighted by Crippen LogP contribution is 2.27. The fraction of sp³-hybridized carbons (Fsp3) is 0.375. The summed E-state index contributed by atoms with van der Waals surface area (Å²) in [6.45, 7) is 8.69. The summed E-state index contributed by atoms with van der Waals surface area (Å²) in [7, 11) is 1.90. The second-order valence-electron chi connectivity index (χ2n) is 11.0. The van der Waals surface area contributed by atoms with E-state index in [1.165, 1.54) is 4.90 Å². The number of hydrogen-bond acceptors (Lipinski definition) is 5. The summed E-state index contributed by atoms with van der Waals surface area (Å²) in [6.07, 6.45) is 3.23. The number of aryl methyl sites for hydroxylation is 1. The van der Waals surface area contributed by atoms with Gasteiger partial charge >= 0.3 is 6.03 Å². The van der Waals surface area contributed by atoms with E-state index >= 15 is 0 Å². The molecule has 1 aliphatic heterocycles. The fourth-order valence-corrected chi connectivity index (χ4v) is 5.26. The van der Waals surface area contributed by atoms with Crippen LogP contribution in [0, 0.1) is 5.92 Å². The van der Waals surface area contributed by atoms with Crippen molar-refractivity contribution in [3.63, 3.8) is 0 Å². The molecule has 1 aromatic heterocycles. The molecule has 1 saturated heterocycles. The second-order valence-corrected chi connectivity index (χ2v) is 11.0. The lowest BCUT2D eigenvalue weighted by atomic mass is 9.99. The molecule has 3 N–H and O–H groups in total. The molecule has 2 heterocycles. The maximum atomic E-state index is 13.3. The van der Waals surface area contributed by atoms with Crippen LogP contribution in [0.1, 0.15) is 41.8 Å². The molecule has 1 atom stereocenters. The highest BCUT2D eigenvalue weighted by atomic mass is 16.2. The lowest BCUT2D eigenvalue weighted by Crippen LogP contribution is -2.65. The number of nitrogens with one attached hydrogen (secondary N) is 3. The lowest BCUT2D eigenvalue weighted by Gasteiger charge is -2.41. The predicted octanol–water partition coefficient (Wildman–Crippen LogP) is 3.18. The molecule has 0 bridgehead atoms. The van der Waals surface area contributed by atoms with Crippen LogP contribution in [0.15, 0.2) is 67.4 Å². The van der Waals surface area contributed by atoms with Crippen molar-refractivity contribution in [3.8, 4) is 0 Å². The first-order valence-corrected chi connectivity index (χ1v) is 14.2. The van der Waals surface area contributed by atoms with E-state index in [4.69, 9.17) is 0 Å². The van der Waals surface area contributed by atoms with Crippen LogP contribution < -0.4 is 16.0 Å². The SMILES string of the molecule is C=CCNCC(=O)N1CC(=O)N(Cc2cccc3c(C(=O)CC(C)C)cn(C)c23)C[C@@H]1NC(=O)NCc1ccccc1. The van der Waals surface area contributed by atoms with Crippen molar-refractivity contribution in [2.75, 3.05) is 26.2 Å². The van der Waals surface area contributed by atoms with Gasteiger partial charge in [0.1, 0.15) is 12.7 Å². The zero-order valence-corrected chi connectivity index (χ0v) is 24.6. The first-order chi connectivity index (χ1) is 20.2. The number of piperazine rings is 1. The number of rotatable bonds is 12. The van der Waals surface area contributed by atoms with Gasteiger partial charge in [0.05, 0.1) is 18.6 Å². The molecule has 0 spiro atoms. The van der Waals surface area contributed by atoms with Gasteiger partial charge in [-0.05, 0) is 17.0 Å². The van der Waals surface area contributed by atoms with Gasteiger partial charge in [-0.25, -0.2) is 4.79 Å². The number of benzene rings is 2. The molecule has 1 aliphatic rings. The number of urea groups is 1. The molecule has 0 radical (unpaired) electrons. The Hall–Kier alpha value is -4.44. The summed E-state index contributed by atoms with van der Waals surface area (Å²) in [4.78, 5) is 55.3. The fourth-order valence-electron chi connectivity index (χ4n) is 5.26. The average Bonchev–Trinajstić information content (AvgIpc) is 3.31. The van der Waals surface area contributed by atoms with Crippen molar-refractivity contribution in [3.05, 3.63) is 84.1 Å². The van der Waals surface area contributed by atoms with Crippen LogP contribution in [0.3, 0.4) is 0 Å². The molecule has 222 valence electrons. The third-order valence-electron chi connectivity index (χ3n) is 7.25. The van der Waals surface area contributed by atoms with Crippen molar-refractivity contribution in [2.24, 2.45) is 13.0 Å². The first-order valence-electron chi connectivity index (χ1n) is 14.2. The Labute approximate surface area is 246 Å². The molecular formula is C32H40N6O4. The number of carbonyl (C=O) groups is 4. The number of amides is 4. The zero-order chi connectivity index (χ0) is 30.2. The largest absolute Gasteiger partial charge is 0.350 e. The highest BCUT2D eigenvalue weighted by Gasteiger charge is 2.36. The van der Waals surface area contributed by atoms with Crippen LogP contribution in [0.5, 0.6) is 0 Å². The third-order valence-corrected chi connectivity index (χ3v) is 7.25. The monoisotopic (exact) mass is 572 g/mol. The molecule has 42 heavy (non-hydrogen) atoms. The third kappa shape index (κ3) is 7.44. The summed E-state index contributed by atoms with van der Waals surface area (Å²) in [5.74, 6) is -0.186. The van der Waals surface area contributed by atoms with Gasteiger partial charge in [0.25, 0.3) is 0 Å². The van der Waals surface area contributed by atoms with E-state index in [-0.39, 0.29) is 49.7 Å². The van der Waals surface area contributed by atoms with Gasteiger partial charge in [0.15, 0.2) is 5.78 Å². The number of carbonyl (C=O) groups excluding carboxylic acids is 4. The number of hydrogen-bond donors (Lipinski definition) is 3. The Kier molecular flexibility index (Phi) is 10.1. The Morgan fingerprint density at radius 1 is 1.10 bits per heavy atom. The van der Waals surface area contributed by atoms with Crippen molar-refractivity contribution in [2.45, 2.75) is 39.5 Å². The van der Waals surface area contributed by atoms with E-state index in [9.17, 15) is 19.2 Å². The molecule has 4 amide bonds. The van der Waals surface area contributed by atoms with E-state index in [1.54, 1.807) is 11.0 Å². The Balaban J connectivity index is 1.54. The van der Waals surface area contributed by atoms with Crippen LogP contribution in [0.25, 0.3) is 10.9 Å². The van der Waals surface area contributed by atoms with E-state index in [2.05, 4.69) is 22.5 Å². The number of ketones is 1. The van der Waals surface area contributed by atoms with Gasteiger partial charge in [-0.15, -0.1) is 6.58 Å². The lowest BCUT2D eigenvalue weighted by molar-refractivity contribution is -0.149. The van der Waals surface area contributed by atoms with E-state index in [1.807, 2.05) is 80.2 Å². The molecule has 0 aliphatic carbocycles. The molecule has 4 rings (SSSR count). The highest BCUT2D eigenvalue weighted by molar-refractivity contribution is 6.08. The quantitative estimate of drug-likeness (QED) is 0.175. The number of Topliss-reactive ketones (excluding diaryl/α,β-unsaturated/α-hetero) is 1. The number of nitrogens with zero attached hydrogens (tertiary/aromatic N) is 3. The molecule has 1 fully saturated rings. The van der Waals surface area contributed by atoms with Crippen molar-refractivity contribution < 1.29 is 19.2 Å². The van der Waals surface area contributed by atoms with Crippen LogP contribution in [0.4, 0.5) is 4.79 Å². The van der Waals surface area contributed by atoms with E-state index in [0.717, 1.165) is 22.0 Å². The van der Waals surface area contributed by atoms with Gasteiger partial charge in [-0.3, -0.25) is 14.4 Å². The van der Waals surface area contributed by atoms with E-state index < -0.39 is 12.2 Å². The smallest absolute Gasteiger partial charge is 0.316 e. The summed E-state index contributed by atoms with van der Waals surface area (Å²) in [5.41, 5.74) is 3.38. The van der Waals surface area contributed by atoms with Gasteiger partial charge in [-0.2, -0.15) is 0 Å². The normalized spacial score (nSPS) is 15.2. The summed E-state index contributed by atoms with van der Waals surface area (Å²) in [6, 6.07) is 14.9. The maximum absolute atomic E-state index is 13.3. The van der Waals surface area contributed by atoms with E-state index in [0.29, 0.717) is 25.1 Å². The van der Waals surface area contributed by atoms with Crippen LogP contribution in [0.2, 0.25) is 0 Å². The minimum Gasteiger partial charge on any atom is -0.350 e. The van der Waals surface area contributed by atoms with Crippen LogP contribution in [-0.2, 0) is 29.7 Å². The number of aromatic nitrogens is 1. The molecule has 10 nitrogen and oxygen atoms in total. The Bertz CT molecular complexity index is 1450. The molecule has 0 saturated carbocycles. The minimum atomic E-state index is -0.729. The van der Waals surface area contributed by atoms with Crippen molar-refractivity contribution in [1.82, 2.24) is 30.3 Å². The summed E-state index contributed by atoms with van der Waals surface area (Å²) >= 11 is 0. The summed E-state index contributed by atoms with van der Waals surface area (Å²) in [5, 5.41) is 9.56. The molecule has 10 heteroatoms. The minimum absolute atomic E-state index is 0.0129. The number of fused-ring (bicyclic) bond motifs is 1. The zero-order valence-electron chi connectivity index (χ0n) is 24.6. The van der Waals surface area contributed by atoms with Crippen LogP contribution >= 0.6 is 0 Å². The summed E-state index contributed by atoms with van der Waals surface area (Å²) < 4.78 is 1.93. The first kappa shape index (κ1) is 30.5. The predicted molar refractivity (Wildman–Crippen MR) is 163 cm³/mol. The maximum Gasteiger partial charge on any atom is 0.316 e.